The Morgan fingerprint density at radius 2 is 1.89 bits per heavy atom. The van der Waals surface area contributed by atoms with Crippen LogP contribution in [0, 0.1) is 6.92 Å². The van der Waals surface area contributed by atoms with Crippen molar-refractivity contribution in [3.8, 4) is 11.4 Å². The summed E-state index contributed by atoms with van der Waals surface area (Å²) in [5.74, 6) is 0.694. The molecular formula is C19H17Cl3N4OS. The van der Waals surface area contributed by atoms with E-state index in [9.17, 15) is 4.79 Å². The van der Waals surface area contributed by atoms with Crippen LogP contribution in [0.15, 0.2) is 41.6 Å². The second-order valence-corrected chi connectivity index (χ2v) is 8.17. The average molecular weight is 456 g/mol. The van der Waals surface area contributed by atoms with Gasteiger partial charge in [0.05, 0.1) is 16.5 Å². The lowest BCUT2D eigenvalue weighted by molar-refractivity contribution is -0.113. The summed E-state index contributed by atoms with van der Waals surface area (Å²) >= 11 is 19.5. The molecule has 3 rings (SSSR count). The third kappa shape index (κ3) is 4.81. The fourth-order valence-corrected chi connectivity index (χ4v) is 3.97. The number of nitrogens with zero attached hydrogens (tertiary/aromatic N) is 3. The third-order valence-electron chi connectivity index (χ3n) is 4.00. The molecule has 28 heavy (non-hydrogen) atoms. The van der Waals surface area contributed by atoms with E-state index in [1.54, 1.807) is 18.2 Å². The Labute approximate surface area is 182 Å². The number of anilines is 1. The van der Waals surface area contributed by atoms with E-state index >= 15 is 0 Å². The molecule has 1 aromatic heterocycles. The minimum absolute atomic E-state index is 0.172. The van der Waals surface area contributed by atoms with Crippen molar-refractivity contribution in [3.63, 3.8) is 0 Å². The van der Waals surface area contributed by atoms with E-state index in [0.29, 0.717) is 38.3 Å². The molecule has 5 nitrogen and oxygen atoms in total. The molecule has 0 aliphatic rings. The van der Waals surface area contributed by atoms with Gasteiger partial charge in [-0.2, -0.15) is 0 Å². The van der Waals surface area contributed by atoms with Gasteiger partial charge >= 0.3 is 0 Å². The molecule has 0 bridgehead atoms. The van der Waals surface area contributed by atoms with Crippen LogP contribution in [0.5, 0.6) is 0 Å². The Balaban J connectivity index is 1.71. The van der Waals surface area contributed by atoms with Gasteiger partial charge in [-0.15, -0.1) is 10.2 Å². The van der Waals surface area contributed by atoms with Gasteiger partial charge < -0.3 is 9.88 Å². The number of hydrogen-bond donors (Lipinski definition) is 1. The number of hydrogen-bond acceptors (Lipinski definition) is 4. The van der Waals surface area contributed by atoms with E-state index in [4.69, 9.17) is 34.8 Å². The fraction of sp³-hybridized carbons (Fsp3) is 0.211. The number of nitrogens with one attached hydrogen (secondary N) is 1. The Kier molecular flexibility index (Phi) is 6.88. The highest BCUT2D eigenvalue weighted by molar-refractivity contribution is 7.99. The Bertz CT molecular complexity index is 1020. The zero-order chi connectivity index (χ0) is 20.3. The number of aryl methyl sites for hydroxylation is 1. The highest BCUT2D eigenvalue weighted by atomic mass is 35.5. The van der Waals surface area contributed by atoms with E-state index in [0.717, 1.165) is 11.1 Å². The van der Waals surface area contributed by atoms with E-state index < -0.39 is 0 Å². The van der Waals surface area contributed by atoms with Crippen molar-refractivity contribution in [1.82, 2.24) is 14.8 Å². The van der Waals surface area contributed by atoms with Gasteiger partial charge in [-0.3, -0.25) is 4.79 Å². The first-order valence-electron chi connectivity index (χ1n) is 8.46. The largest absolute Gasteiger partial charge is 0.324 e. The number of benzene rings is 2. The minimum Gasteiger partial charge on any atom is -0.324 e. The van der Waals surface area contributed by atoms with Gasteiger partial charge in [0.15, 0.2) is 11.0 Å². The molecule has 1 N–H and O–H groups in total. The molecule has 2 aromatic carbocycles. The van der Waals surface area contributed by atoms with Gasteiger partial charge in [0.2, 0.25) is 5.91 Å². The normalized spacial score (nSPS) is 10.9. The molecule has 0 aliphatic carbocycles. The molecule has 3 aromatic rings. The molecule has 9 heteroatoms. The molecule has 0 unspecified atom stereocenters. The number of carbonyl (C=O) groups is 1. The first kappa shape index (κ1) is 21.0. The van der Waals surface area contributed by atoms with Crippen LogP contribution in [0.25, 0.3) is 11.4 Å². The molecule has 0 saturated carbocycles. The van der Waals surface area contributed by atoms with Gasteiger partial charge in [0.1, 0.15) is 0 Å². The molecule has 0 spiro atoms. The zero-order valence-corrected chi connectivity index (χ0v) is 18.3. The molecule has 0 saturated heterocycles. The van der Waals surface area contributed by atoms with Crippen molar-refractivity contribution >= 4 is 58.2 Å². The lowest BCUT2D eigenvalue weighted by Crippen LogP contribution is -2.15. The predicted molar refractivity (Wildman–Crippen MR) is 117 cm³/mol. The van der Waals surface area contributed by atoms with E-state index in [1.165, 1.54) is 11.8 Å². The van der Waals surface area contributed by atoms with E-state index in [-0.39, 0.29) is 11.7 Å². The summed E-state index contributed by atoms with van der Waals surface area (Å²) < 4.78 is 1.95. The molecule has 1 amide bonds. The maximum absolute atomic E-state index is 12.3. The first-order valence-corrected chi connectivity index (χ1v) is 10.6. The fourth-order valence-electron chi connectivity index (χ4n) is 2.53. The zero-order valence-electron chi connectivity index (χ0n) is 15.2. The van der Waals surface area contributed by atoms with Crippen molar-refractivity contribution in [1.29, 1.82) is 0 Å². The summed E-state index contributed by atoms with van der Waals surface area (Å²) in [5, 5.41) is 13.5. The summed E-state index contributed by atoms with van der Waals surface area (Å²) in [4.78, 5) is 12.3. The topological polar surface area (TPSA) is 59.8 Å². The van der Waals surface area contributed by atoms with Gasteiger partial charge in [-0.05, 0) is 43.7 Å². The number of carbonyl (C=O) groups excluding carboxylic acids is 1. The lowest BCUT2D eigenvalue weighted by atomic mass is 10.1. The predicted octanol–water partition coefficient (Wildman–Crippen LogP) is 5.96. The summed E-state index contributed by atoms with van der Waals surface area (Å²) in [7, 11) is 0. The van der Waals surface area contributed by atoms with Crippen molar-refractivity contribution in [3.05, 3.63) is 57.0 Å². The summed E-state index contributed by atoms with van der Waals surface area (Å²) in [6.07, 6.45) is 0. The van der Waals surface area contributed by atoms with Crippen LogP contribution in [0.2, 0.25) is 15.1 Å². The molecule has 1 heterocycles. The van der Waals surface area contributed by atoms with Crippen LogP contribution < -0.4 is 5.32 Å². The summed E-state index contributed by atoms with van der Waals surface area (Å²) in [6, 6.07) is 10.7. The molecule has 0 fully saturated rings. The van der Waals surface area contributed by atoms with Crippen LogP contribution in [0.4, 0.5) is 5.69 Å². The van der Waals surface area contributed by atoms with Crippen molar-refractivity contribution < 1.29 is 4.79 Å². The second kappa shape index (κ2) is 9.18. The smallest absolute Gasteiger partial charge is 0.234 e. The number of thioether (sulfide) groups is 1. The Hall–Kier alpha value is -1.73. The summed E-state index contributed by atoms with van der Waals surface area (Å²) in [6.45, 7) is 4.62. The van der Waals surface area contributed by atoms with Gasteiger partial charge in [0.25, 0.3) is 0 Å². The Morgan fingerprint density at radius 1 is 1.11 bits per heavy atom. The molecule has 0 atom stereocenters. The first-order chi connectivity index (χ1) is 13.4. The maximum atomic E-state index is 12.3. The van der Waals surface area contributed by atoms with Crippen molar-refractivity contribution in [2.75, 3.05) is 11.1 Å². The number of halogens is 3. The highest BCUT2D eigenvalue weighted by Crippen LogP contribution is 2.28. The maximum Gasteiger partial charge on any atom is 0.234 e. The molecular weight excluding hydrogens is 439 g/mol. The van der Waals surface area contributed by atoms with Crippen LogP contribution >= 0.6 is 46.6 Å². The van der Waals surface area contributed by atoms with Crippen LogP contribution in [-0.4, -0.2) is 26.4 Å². The van der Waals surface area contributed by atoms with Crippen molar-refractivity contribution in [2.45, 2.75) is 25.5 Å². The SMILES string of the molecule is CCn1c(SCC(=O)Nc2ccc(Cl)cc2Cl)nnc1-c1ccc(C)c(Cl)c1. The standard InChI is InChI=1S/C19H17Cl3N4OS/c1-3-26-18(12-5-4-11(2)14(21)8-12)24-25-19(26)28-10-17(27)23-16-7-6-13(20)9-15(16)22/h4-9H,3,10H2,1-2H3,(H,23,27). The number of aromatic nitrogens is 3. The minimum atomic E-state index is -0.195. The van der Waals surface area contributed by atoms with Crippen LogP contribution in [-0.2, 0) is 11.3 Å². The Morgan fingerprint density at radius 3 is 2.57 bits per heavy atom. The van der Waals surface area contributed by atoms with E-state index in [2.05, 4.69) is 15.5 Å². The van der Waals surface area contributed by atoms with Gasteiger partial charge in [-0.1, -0.05) is 58.7 Å². The van der Waals surface area contributed by atoms with Crippen molar-refractivity contribution in [2.24, 2.45) is 0 Å². The van der Waals surface area contributed by atoms with Gasteiger partial charge in [0, 0.05) is 22.2 Å². The summed E-state index contributed by atoms with van der Waals surface area (Å²) in [5.41, 5.74) is 2.40. The highest BCUT2D eigenvalue weighted by Gasteiger charge is 2.16. The molecule has 0 aliphatic heterocycles. The second-order valence-electron chi connectivity index (χ2n) is 5.98. The van der Waals surface area contributed by atoms with Gasteiger partial charge in [-0.25, -0.2) is 0 Å². The third-order valence-corrected chi connectivity index (χ3v) is 5.92. The van der Waals surface area contributed by atoms with E-state index in [1.807, 2.05) is 36.6 Å². The molecule has 146 valence electrons. The molecule has 0 radical (unpaired) electrons. The number of rotatable bonds is 6. The lowest BCUT2D eigenvalue weighted by Gasteiger charge is -2.09. The quantitative estimate of drug-likeness (QED) is 0.466. The number of amides is 1. The van der Waals surface area contributed by atoms with Crippen LogP contribution in [0.3, 0.4) is 0 Å². The van der Waals surface area contributed by atoms with Crippen LogP contribution in [0.1, 0.15) is 12.5 Å². The average Bonchev–Trinajstić information content (AvgIpc) is 3.07. The monoisotopic (exact) mass is 454 g/mol.